The van der Waals surface area contributed by atoms with E-state index in [0.717, 1.165) is 36.3 Å². The fourth-order valence-electron chi connectivity index (χ4n) is 2.52. The van der Waals surface area contributed by atoms with Crippen LogP contribution in [0.15, 0.2) is 18.2 Å². The van der Waals surface area contributed by atoms with E-state index in [1.54, 1.807) is 22.9 Å². The number of benzene rings is 1. The van der Waals surface area contributed by atoms with Gasteiger partial charge in [-0.3, -0.25) is 9.48 Å². The highest BCUT2D eigenvalue weighted by atomic mass is 35.5. The van der Waals surface area contributed by atoms with Gasteiger partial charge >= 0.3 is 0 Å². The molecule has 6 heteroatoms. The smallest absolute Gasteiger partial charge is 0.258 e. The maximum absolute atomic E-state index is 12.3. The van der Waals surface area contributed by atoms with Crippen molar-refractivity contribution >= 4 is 34.9 Å². The second kappa shape index (κ2) is 5.11. The zero-order valence-corrected chi connectivity index (χ0v) is 12.4. The third-order valence-corrected chi connectivity index (χ3v) is 4.02. The molecule has 0 fully saturated rings. The Morgan fingerprint density at radius 2 is 2.15 bits per heavy atom. The minimum Gasteiger partial charge on any atom is -0.306 e. The molecule has 1 aliphatic rings. The lowest BCUT2D eigenvalue weighted by molar-refractivity contribution is 0.102. The summed E-state index contributed by atoms with van der Waals surface area (Å²) in [6.45, 7) is 0. The lowest BCUT2D eigenvalue weighted by Gasteiger charge is -2.09. The average Bonchev–Trinajstić information content (AvgIpc) is 2.92. The van der Waals surface area contributed by atoms with Crippen LogP contribution < -0.4 is 5.32 Å². The first kappa shape index (κ1) is 13.5. The highest BCUT2D eigenvalue weighted by Crippen LogP contribution is 2.29. The standard InChI is InChI=1S/C14H13Cl2N3O/c1-19-13(10-3-2-4-12(10)18-19)17-14(20)9-6-5-8(15)7-11(9)16/h5-7H,2-4H2,1H3,(H,17,20). The molecule has 0 atom stereocenters. The Kier molecular flexibility index (Phi) is 3.44. The summed E-state index contributed by atoms with van der Waals surface area (Å²) in [4.78, 5) is 12.3. The third kappa shape index (κ3) is 2.30. The Bertz CT molecular complexity index is 694. The van der Waals surface area contributed by atoms with E-state index < -0.39 is 0 Å². The number of carbonyl (C=O) groups is 1. The average molecular weight is 310 g/mol. The summed E-state index contributed by atoms with van der Waals surface area (Å²) in [5, 5.41) is 8.17. The van der Waals surface area contributed by atoms with E-state index in [2.05, 4.69) is 10.4 Å². The van der Waals surface area contributed by atoms with Crippen LogP contribution in [0.25, 0.3) is 0 Å². The van der Waals surface area contributed by atoms with Gasteiger partial charge < -0.3 is 5.32 Å². The molecule has 1 aliphatic carbocycles. The summed E-state index contributed by atoms with van der Waals surface area (Å²) in [6, 6.07) is 4.83. The van der Waals surface area contributed by atoms with Crippen molar-refractivity contribution in [3.63, 3.8) is 0 Å². The van der Waals surface area contributed by atoms with Gasteiger partial charge in [0.15, 0.2) is 0 Å². The minimum atomic E-state index is -0.246. The number of fused-ring (bicyclic) bond motifs is 1. The van der Waals surface area contributed by atoms with Gasteiger partial charge in [0.05, 0.1) is 16.3 Å². The molecule has 20 heavy (non-hydrogen) atoms. The zero-order chi connectivity index (χ0) is 14.3. The fraction of sp³-hybridized carbons (Fsp3) is 0.286. The molecule has 104 valence electrons. The number of aromatic nitrogens is 2. The minimum absolute atomic E-state index is 0.246. The topological polar surface area (TPSA) is 46.9 Å². The molecule has 0 unspecified atom stereocenters. The van der Waals surface area contributed by atoms with Gasteiger partial charge in [0.2, 0.25) is 0 Å². The van der Waals surface area contributed by atoms with Crippen LogP contribution in [0.1, 0.15) is 28.0 Å². The summed E-state index contributed by atoms with van der Waals surface area (Å²) in [5.74, 6) is 0.512. The number of hydrogen-bond donors (Lipinski definition) is 1. The van der Waals surface area contributed by atoms with Crippen LogP contribution in [-0.2, 0) is 19.9 Å². The molecule has 1 amide bonds. The Labute approximate surface area is 126 Å². The van der Waals surface area contributed by atoms with Gasteiger partial charge in [-0.2, -0.15) is 5.10 Å². The van der Waals surface area contributed by atoms with Crippen LogP contribution >= 0.6 is 23.2 Å². The van der Waals surface area contributed by atoms with E-state index in [4.69, 9.17) is 23.2 Å². The van der Waals surface area contributed by atoms with Crippen molar-refractivity contribution in [1.82, 2.24) is 9.78 Å². The van der Waals surface area contributed by atoms with Gasteiger partial charge in [-0.1, -0.05) is 23.2 Å². The van der Waals surface area contributed by atoms with Gasteiger partial charge in [-0.25, -0.2) is 0 Å². The molecule has 0 bridgehead atoms. The van der Waals surface area contributed by atoms with E-state index >= 15 is 0 Å². The van der Waals surface area contributed by atoms with Crippen LogP contribution in [0.2, 0.25) is 10.0 Å². The Morgan fingerprint density at radius 3 is 2.90 bits per heavy atom. The molecule has 1 heterocycles. The lowest BCUT2D eigenvalue weighted by atomic mass is 10.2. The van der Waals surface area contributed by atoms with Gasteiger partial charge in [0.1, 0.15) is 5.82 Å². The highest BCUT2D eigenvalue weighted by Gasteiger charge is 2.23. The number of amides is 1. The van der Waals surface area contributed by atoms with Crippen molar-refractivity contribution in [2.75, 3.05) is 5.32 Å². The van der Waals surface area contributed by atoms with Crippen molar-refractivity contribution < 1.29 is 4.79 Å². The quantitative estimate of drug-likeness (QED) is 0.923. The number of halogens is 2. The predicted octanol–water partition coefficient (Wildman–Crippen LogP) is 3.47. The maximum atomic E-state index is 12.3. The van der Waals surface area contributed by atoms with E-state index in [1.165, 1.54) is 0 Å². The molecule has 0 aliphatic heterocycles. The SMILES string of the molecule is Cn1nc2c(c1NC(=O)c1ccc(Cl)cc1Cl)CCC2. The van der Waals surface area contributed by atoms with Crippen LogP contribution in [-0.4, -0.2) is 15.7 Å². The summed E-state index contributed by atoms with van der Waals surface area (Å²) in [5.41, 5.74) is 2.61. The molecular formula is C14H13Cl2N3O. The second-order valence-corrected chi connectivity index (χ2v) is 5.67. The van der Waals surface area contributed by atoms with Crippen LogP contribution in [0.5, 0.6) is 0 Å². The summed E-state index contributed by atoms with van der Waals surface area (Å²) >= 11 is 11.9. The van der Waals surface area contributed by atoms with Crippen molar-refractivity contribution in [2.24, 2.45) is 7.05 Å². The monoisotopic (exact) mass is 309 g/mol. The number of anilines is 1. The number of rotatable bonds is 2. The van der Waals surface area contributed by atoms with Crippen LogP contribution in [0.3, 0.4) is 0 Å². The predicted molar refractivity (Wildman–Crippen MR) is 79.6 cm³/mol. The largest absolute Gasteiger partial charge is 0.306 e. The molecule has 0 spiro atoms. The second-order valence-electron chi connectivity index (χ2n) is 4.83. The summed E-state index contributed by atoms with van der Waals surface area (Å²) in [6.07, 6.45) is 3.01. The van der Waals surface area contributed by atoms with Crippen molar-refractivity contribution in [2.45, 2.75) is 19.3 Å². The first-order valence-electron chi connectivity index (χ1n) is 6.37. The molecule has 0 saturated carbocycles. The molecule has 1 N–H and O–H groups in total. The highest BCUT2D eigenvalue weighted by molar-refractivity contribution is 6.37. The number of hydrogen-bond acceptors (Lipinski definition) is 2. The molecule has 0 radical (unpaired) electrons. The van der Waals surface area contributed by atoms with Gasteiger partial charge in [0.25, 0.3) is 5.91 Å². The first-order valence-corrected chi connectivity index (χ1v) is 7.13. The number of aryl methyl sites for hydroxylation is 2. The third-order valence-electron chi connectivity index (χ3n) is 3.48. The van der Waals surface area contributed by atoms with Gasteiger partial charge in [0, 0.05) is 17.6 Å². The van der Waals surface area contributed by atoms with Crippen molar-refractivity contribution in [3.8, 4) is 0 Å². The Morgan fingerprint density at radius 1 is 1.35 bits per heavy atom. The number of nitrogens with zero attached hydrogens (tertiary/aromatic N) is 2. The van der Waals surface area contributed by atoms with Crippen LogP contribution in [0, 0.1) is 0 Å². The number of nitrogens with one attached hydrogen (secondary N) is 1. The van der Waals surface area contributed by atoms with E-state index in [9.17, 15) is 4.79 Å². The first-order chi connectivity index (χ1) is 9.56. The van der Waals surface area contributed by atoms with E-state index in [1.807, 2.05) is 7.05 Å². The Balaban J connectivity index is 1.90. The number of carbonyl (C=O) groups excluding carboxylic acids is 1. The normalized spacial score (nSPS) is 13.3. The molecule has 2 aromatic rings. The lowest BCUT2D eigenvalue weighted by Crippen LogP contribution is -2.16. The molecule has 1 aromatic heterocycles. The molecule has 3 rings (SSSR count). The zero-order valence-electron chi connectivity index (χ0n) is 10.9. The Hall–Kier alpha value is -1.52. The summed E-state index contributed by atoms with van der Waals surface area (Å²) < 4.78 is 1.71. The molecular weight excluding hydrogens is 297 g/mol. The van der Waals surface area contributed by atoms with Crippen LogP contribution in [0.4, 0.5) is 5.82 Å². The van der Waals surface area contributed by atoms with E-state index in [0.29, 0.717) is 15.6 Å². The summed E-state index contributed by atoms with van der Waals surface area (Å²) in [7, 11) is 1.83. The van der Waals surface area contributed by atoms with Crippen molar-refractivity contribution in [1.29, 1.82) is 0 Å². The molecule has 1 aromatic carbocycles. The van der Waals surface area contributed by atoms with Gasteiger partial charge in [-0.15, -0.1) is 0 Å². The molecule has 0 saturated heterocycles. The van der Waals surface area contributed by atoms with Crippen molar-refractivity contribution in [3.05, 3.63) is 45.1 Å². The fourth-order valence-corrected chi connectivity index (χ4v) is 3.02. The molecule has 4 nitrogen and oxygen atoms in total. The maximum Gasteiger partial charge on any atom is 0.258 e. The van der Waals surface area contributed by atoms with E-state index in [-0.39, 0.29) is 5.91 Å². The van der Waals surface area contributed by atoms with Gasteiger partial charge in [-0.05, 0) is 37.5 Å².